The Morgan fingerprint density at radius 2 is 1.95 bits per heavy atom. The third kappa shape index (κ3) is 2.65. The third-order valence-electron chi connectivity index (χ3n) is 3.07. The Morgan fingerprint density at radius 3 is 2.67 bits per heavy atom. The molecule has 108 valence electrons. The first kappa shape index (κ1) is 14.7. The number of ether oxygens (including phenoxy) is 1. The highest BCUT2D eigenvalue weighted by molar-refractivity contribution is 9.10. The monoisotopic (exact) mass is 430 g/mol. The van der Waals surface area contributed by atoms with Crippen molar-refractivity contribution in [1.29, 1.82) is 0 Å². The number of benzene rings is 2. The molecule has 0 atom stereocenters. The van der Waals surface area contributed by atoms with Crippen LogP contribution in [0.5, 0.6) is 5.75 Å². The van der Waals surface area contributed by atoms with E-state index in [0.717, 1.165) is 15.7 Å². The zero-order valence-electron chi connectivity index (χ0n) is 10.8. The van der Waals surface area contributed by atoms with Gasteiger partial charge in [0, 0.05) is 16.6 Å². The molecule has 0 spiro atoms. The molecule has 0 unspecified atom stereocenters. The van der Waals surface area contributed by atoms with Crippen molar-refractivity contribution < 1.29 is 9.13 Å². The van der Waals surface area contributed by atoms with Gasteiger partial charge in [0.1, 0.15) is 11.6 Å². The lowest BCUT2D eigenvalue weighted by Crippen LogP contribution is -1.96. The molecule has 3 aromatic rings. The lowest BCUT2D eigenvalue weighted by molar-refractivity contribution is 0.414. The minimum absolute atomic E-state index is 0.341. The second-order valence-electron chi connectivity index (χ2n) is 4.40. The van der Waals surface area contributed by atoms with Crippen molar-refractivity contribution in [2.24, 2.45) is 0 Å². The van der Waals surface area contributed by atoms with Gasteiger partial charge < -0.3 is 9.72 Å². The molecule has 0 aliphatic rings. The van der Waals surface area contributed by atoms with Crippen LogP contribution in [0.1, 0.15) is 0 Å². The third-order valence-corrected chi connectivity index (χ3v) is 4.42. The topological polar surface area (TPSA) is 29.9 Å². The number of aromatic nitrogens is 2. The van der Waals surface area contributed by atoms with Crippen LogP contribution in [0.25, 0.3) is 16.7 Å². The van der Waals surface area contributed by atoms with Crippen LogP contribution in [0.4, 0.5) is 4.39 Å². The SMILES string of the molecule is COc1cc(Br)cc(-n2c(=S)[nH]c3cc(Br)c(F)cc32)c1. The van der Waals surface area contributed by atoms with Crippen LogP contribution in [-0.2, 0) is 0 Å². The van der Waals surface area contributed by atoms with E-state index in [9.17, 15) is 4.39 Å². The van der Waals surface area contributed by atoms with Crippen LogP contribution in [-0.4, -0.2) is 16.7 Å². The Balaban J connectivity index is 2.34. The first-order valence-electron chi connectivity index (χ1n) is 5.94. The van der Waals surface area contributed by atoms with Crippen molar-refractivity contribution in [2.75, 3.05) is 7.11 Å². The molecule has 3 rings (SSSR count). The minimum Gasteiger partial charge on any atom is -0.497 e. The molecule has 0 saturated carbocycles. The van der Waals surface area contributed by atoms with Crippen molar-refractivity contribution in [3.05, 3.63) is 49.9 Å². The number of halogens is 3. The van der Waals surface area contributed by atoms with Crippen LogP contribution in [0.3, 0.4) is 0 Å². The van der Waals surface area contributed by atoms with Crippen molar-refractivity contribution in [1.82, 2.24) is 9.55 Å². The average molecular weight is 432 g/mol. The maximum Gasteiger partial charge on any atom is 0.182 e. The fourth-order valence-electron chi connectivity index (χ4n) is 2.15. The predicted molar refractivity (Wildman–Crippen MR) is 90.4 cm³/mol. The predicted octanol–water partition coefficient (Wildman–Crippen LogP) is 5.36. The lowest BCUT2D eigenvalue weighted by atomic mass is 10.2. The second kappa shape index (κ2) is 5.55. The van der Waals surface area contributed by atoms with Gasteiger partial charge in [-0.1, -0.05) is 15.9 Å². The lowest BCUT2D eigenvalue weighted by Gasteiger charge is -2.08. The highest BCUT2D eigenvalue weighted by atomic mass is 79.9. The fraction of sp³-hybridized carbons (Fsp3) is 0.0714. The summed E-state index contributed by atoms with van der Waals surface area (Å²) in [5.74, 6) is 0.348. The quantitative estimate of drug-likeness (QED) is 0.553. The first-order valence-corrected chi connectivity index (χ1v) is 7.94. The Hall–Kier alpha value is -1.18. The molecule has 0 saturated heterocycles. The summed E-state index contributed by atoms with van der Waals surface area (Å²) in [6.07, 6.45) is 0. The number of H-pyrrole nitrogens is 1. The van der Waals surface area contributed by atoms with Crippen LogP contribution in [0, 0.1) is 10.6 Å². The molecule has 0 amide bonds. The fourth-order valence-corrected chi connectivity index (χ4v) is 3.27. The molecule has 0 bridgehead atoms. The minimum atomic E-state index is -0.341. The number of hydrogen-bond donors (Lipinski definition) is 1. The van der Waals surface area contributed by atoms with Gasteiger partial charge in [-0.3, -0.25) is 4.57 Å². The van der Waals surface area contributed by atoms with Gasteiger partial charge in [0.2, 0.25) is 0 Å². The molecule has 0 fully saturated rings. The summed E-state index contributed by atoms with van der Waals surface area (Å²) in [4.78, 5) is 3.08. The summed E-state index contributed by atoms with van der Waals surface area (Å²) in [6.45, 7) is 0. The number of fused-ring (bicyclic) bond motifs is 1. The van der Waals surface area contributed by atoms with Crippen LogP contribution < -0.4 is 4.74 Å². The van der Waals surface area contributed by atoms with Crippen molar-refractivity contribution in [2.45, 2.75) is 0 Å². The van der Waals surface area contributed by atoms with Gasteiger partial charge >= 0.3 is 0 Å². The second-order valence-corrected chi connectivity index (χ2v) is 6.55. The largest absolute Gasteiger partial charge is 0.497 e. The summed E-state index contributed by atoms with van der Waals surface area (Å²) >= 11 is 12.0. The van der Waals surface area contributed by atoms with Crippen molar-refractivity contribution >= 4 is 55.1 Å². The van der Waals surface area contributed by atoms with E-state index in [0.29, 0.717) is 20.5 Å². The number of methoxy groups -OCH3 is 1. The molecular weight excluding hydrogens is 423 g/mol. The van der Waals surface area contributed by atoms with E-state index >= 15 is 0 Å². The Bertz CT molecular complexity index is 904. The van der Waals surface area contributed by atoms with E-state index in [2.05, 4.69) is 36.8 Å². The maximum absolute atomic E-state index is 13.8. The summed E-state index contributed by atoms with van der Waals surface area (Å²) in [7, 11) is 1.59. The first-order chi connectivity index (χ1) is 9.99. The van der Waals surface area contributed by atoms with Gasteiger partial charge in [-0.25, -0.2) is 4.39 Å². The average Bonchev–Trinajstić information content (AvgIpc) is 2.74. The summed E-state index contributed by atoms with van der Waals surface area (Å²) in [5.41, 5.74) is 2.22. The molecule has 0 radical (unpaired) electrons. The zero-order chi connectivity index (χ0) is 15.1. The van der Waals surface area contributed by atoms with Crippen LogP contribution in [0.15, 0.2) is 39.3 Å². The smallest absolute Gasteiger partial charge is 0.182 e. The number of aromatic amines is 1. The van der Waals surface area contributed by atoms with E-state index in [4.69, 9.17) is 17.0 Å². The molecule has 1 heterocycles. The van der Waals surface area contributed by atoms with Gasteiger partial charge in [0.05, 0.1) is 28.3 Å². The Morgan fingerprint density at radius 1 is 1.19 bits per heavy atom. The molecule has 21 heavy (non-hydrogen) atoms. The Kier molecular flexibility index (Phi) is 3.90. The van der Waals surface area contributed by atoms with E-state index in [1.807, 2.05) is 18.2 Å². The van der Waals surface area contributed by atoms with Gasteiger partial charge in [0.15, 0.2) is 4.77 Å². The molecule has 3 nitrogen and oxygen atoms in total. The van der Waals surface area contributed by atoms with E-state index in [1.54, 1.807) is 17.7 Å². The molecule has 7 heteroatoms. The normalized spacial score (nSPS) is 11.0. The van der Waals surface area contributed by atoms with E-state index < -0.39 is 0 Å². The molecule has 2 aromatic carbocycles. The van der Waals surface area contributed by atoms with Gasteiger partial charge in [-0.15, -0.1) is 0 Å². The molecular formula is C14H9Br2FN2OS. The molecule has 1 N–H and O–H groups in total. The van der Waals surface area contributed by atoms with Crippen LogP contribution in [0.2, 0.25) is 0 Å². The highest BCUT2D eigenvalue weighted by Crippen LogP contribution is 2.29. The highest BCUT2D eigenvalue weighted by Gasteiger charge is 2.11. The molecule has 0 aliphatic carbocycles. The van der Waals surface area contributed by atoms with Crippen LogP contribution >= 0.6 is 44.1 Å². The molecule has 1 aromatic heterocycles. The van der Waals surface area contributed by atoms with E-state index in [-0.39, 0.29) is 5.82 Å². The Labute approximate surface area is 142 Å². The maximum atomic E-state index is 13.8. The standard InChI is InChI=1S/C14H9Br2FN2OS/c1-20-9-3-7(15)2-8(4-9)19-13-6-11(17)10(16)5-12(13)18-14(19)21/h2-6H,1H3,(H,18,21). The summed E-state index contributed by atoms with van der Waals surface area (Å²) in [5, 5.41) is 0. The van der Waals surface area contributed by atoms with Crippen molar-refractivity contribution in [3.8, 4) is 11.4 Å². The number of nitrogens with one attached hydrogen (secondary N) is 1. The zero-order valence-corrected chi connectivity index (χ0v) is 14.8. The molecule has 0 aliphatic heterocycles. The number of imidazole rings is 1. The number of nitrogens with zero attached hydrogens (tertiary/aromatic N) is 1. The number of hydrogen-bond acceptors (Lipinski definition) is 2. The summed E-state index contributed by atoms with van der Waals surface area (Å²) in [6, 6.07) is 8.70. The van der Waals surface area contributed by atoms with Crippen molar-refractivity contribution in [3.63, 3.8) is 0 Å². The van der Waals surface area contributed by atoms with Gasteiger partial charge in [0.25, 0.3) is 0 Å². The van der Waals surface area contributed by atoms with Gasteiger partial charge in [-0.05, 0) is 46.3 Å². The van der Waals surface area contributed by atoms with E-state index in [1.165, 1.54) is 6.07 Å². The van der Waals surface area contributed by atoms with Gasteiger partial charge in [-0.2, -0.15) is 0 Å². The number of rotatable bonds is 2. The summed E-state index contributed by atoms with van der Waals surface area (Å²) < 4.78 is 22.6.